The molecule has 0 spiro atoms. The molecule has 1 aromatic heterocycles. The lowest BCUT2D eigenvalue weighted by atomic mass is 10.1. The molecule has 0 saturated heterocycles. The van der Waals surface area contributed by atoms with Crippen LogP contribution in [0.25, 0.3) is 11.5 Å². The Morgan fingerprint density at radius 3 is 2.79 bits per heavy atom. The van der Waals surface area contributed by atoms with Crippen molar-refractivity contribution in [3.05, 3.63) is 71.1 Å². The predicted octanol–water partition coefficient (Wildman–Crippen LogP) is 4.90. The van der Waals surface area contributed by atoms with E-state index in [1.165, 1.54) is 17.3 Å². The van der Waals surface area contributed by atoms with E-state index >= 15 is 0 Å². The van der Waals surface area contributed by atoms with Crippen molar-refractivity contribution in [1.29, 1.82) is 0 Å². The quantitative estimate of drug-likeness (QED) is 0.554. The van der Waals surface area contributed by atoms with Gasteiger partial charge in [0.15, 0.2) is 0 Å². The first-order chi connectivity index (χ1) is 13.5. The summed E-state index contributed by atoms with van der Waals surface area (Å²) in [6, 6.07) is 15.8. The van der Waals surface area contributed by atoms with Crippen LogP contribution in [0.5, 0.6) is 5.75 Å². The molecule has 146 valence electrons. The van der Waals surface area contributed by atoms with Gasteiger partial charge in [0, 0.05) is 17.7 Å². The summed E-state index contributed by atoms with van der Waals surface area (Å²) in [6.07, 6.45) is 0.652. The number of aromatic nitrogens is 1. The van der Waals surface area contributed by atoms with E-state index in [0.717, 1.165) is 28.3 Å². The van der Waals surface area contributed by atoms with Crippen molar-refractivity contribution in [2.24, 2.45) is 0 Å². The second-order valence-corrected chi connectivity index (χ2v) is 7.51. The van der Waals surface area contributed by atoms with Crippen molar-refractivity contribution in [2.75, 3.05) is 12.4 Å². The number of benzene rings is 2. The van der Waals surface area contributed by atoms with Crippen LogP contribution < -0.4 is 4.74 Å². The van der Waals surface area contributed by atoms with Gasteiger partial charge in [-0.1, -0.05) is 29.8 Å². The van der Waals surface area contributed by atoms with E-state index in [2.05, 4.69) is 11.1 Å². The van der Waals surface area contributed by atoms with E-state index in [-0.39, 0.29) is 5.75 Å². The lowest BCUT2D eigenvalue weighted by molar-refractivity contribution is -0.133. The smallest absolute Gasteiger partial charge is 0.313 e. The Morgan fingerprint density at radius 1 is 1.18 bits per heavy atom. The summed E-state index contributed by atoms with van der Waals surface area (Å²) in [5, 5.41) is 8.72. The predicted molar refractivity (Wildman–Crippen MR) is 111 cm³/mol. The number of aryl methyl sites for hydroxylation is 2. The standard InChI is InChI=1S/C22H23NO4S/c1-15-5-3-7-18(11-15)22-23-20(16(2)27-22)9-10-26-19-8-4-6-17(12-19)13-28-14-21(24)25/h3-8,11-12H,9-10,13-14H2,1-2H3,(H,24,25). The van der Waals surface area contributed by atoms with Crippen molar-refractivity contribution < 1.29 is 19.1 Å². The molecule has 0 aliphatic rings. The Morgan fingerprint density at radius 2 is 2.00 bits per heavy atom. The minimum absolute atomic E-state index is 0.0970. The van der Waals surface area contributed by atoms with Crippen LogP contribution in [0, 0.1) is 13.8 Å². The highest BCUT2D eigenvalue weighted by molar-refractivity contribution is 7.99. The van der Waals surface area contributed by atoms with Gasteiger partial charge in [0.25, 0.3) is 0 Å². The molecule has 0 saturated carbocycles. The topological polar surface area (TPSA) is 72.6 Å². The SMILES string of the molecule is Cc1cccc(-c2nc(CCOc3cccc(CSCC(=O)O)c3)c(C)o2)c1. The molecular formula is C22H23NO4S. The van der Waals surface area contributed by atoms with E-state index in [9.17, 15) is 4.79 Å². The molecule has 5 nitrogen and oxygen atoms in total. The molecule has 2 aromatic carbocycles. The molecule has 1 N–H and O–H groups in total. The lowest BCUT2D eigenvalue weighted by Crippen LogP contribution is -2.03. The molecule has 3 aromatic rings. The molecule has 0 fully saturated rings. The van der Waals surface area contributed by atoms with E-state index in [0.29, 0.717) is 24.7 Å². The Balaban J connectivity index is 1.56. The number of nitrogens with zero attached hydrogens (tertiary/aromatic N) is 1. The van der Waals surface area contributed by atoms with Crippen molar-refractivity contribution in [3.63, 3.8) is 0 Å². The first-order valence-electron chi connectivity index (χ1n) is 9.06. The molecule has 0 radical (unpaired) electrons. The van der Waals surface area contributed by atoms with Crippen LogP contribution in [0.4, 0.5) is 0 Å². The molecule has 6 heteroatoms. The normalized spacial score (nSPS) is 10.8. The highest BCUT2D eigenvalue weighted by atomic mass is 32.2. The van der Waals surface area contributed by atoms with Gasteiger partial charge in [-0.2, -0.15) is 0 Å². The first-order valence-corrected chi connectivity index (χ1v) is 10.2. The summed E-state index contributed by atoms with van der Waals surface area (Å²) in [5.74, 6) is 2.15. The fraction of sp³-hybridized carbons (Fsp3) is 0.273. The third kappa shape index (κ3) is 5.63. The molecule has 28 heavy (non-hydrogen) atoms. The van der Waals surface area contributed by atoms with E-state index in [1.807, 2.05) is 56.3 Å². The molecule has 0 aliphatic heterocycles. The fourth-order valence-electron chi connectivity index (χ4n) is 2.81. The van der Waals surface area contributed by atoms with Crippen LogP contribution >= 0.6 is 11.8 Å². The van der Waals surface area contributed by atoms with Gasteiger partial charge in [0.2, 0.25) is 5.89 Å². The monoisotopic (exact) mass is 397 g/mol. The van der Waals surface area contributed by atoms with Crippen LogP contribution in [0.1, 0.15) is 22.6 Å². The number of thioether (sulfide) groups is 1. The van der Waals surface area contributed by atoms with Gasteiger partial charge in [0.1, 0.15) is 11.5 Å². The number of carboxylic acid groups (broad SMARTS) is 1. The van der Waals surface area contributed by atoms with Crippen LogP contribution in [0.3, 0.4) is 0 Å². The second kappa shape index (κ2) is 9.46. The van der Waals surface area contributed by atoms with Gasteiger partial charge < -0.3 is 14.3 Å². The molecule has 0 bridgehead atoms. The summed E-state index contributed by atoms with van der Waals surface area (Å²) in [5.41, 5.74) is 4.08. The zero-order valence-electron chi connectivity index (χ0n) is 16.0. The number of rotatable bonds is 9. The third-order valence-electron chi connectivity index (χ3n) is 4.16. The zero-order valence-corrected chi connectivity index (χ0v) is 16.8. The third-order valence-corrected chi connectivity index (χ3v) is 5.15. The van der Waals surface area contributed by atoms with Crippen molar-refractivity contribution in [3.8, 4) is 17.2 Å². The van der Waals surface area contributed by atoms with Gasteiger partial charge in [-0.3, -0.25) is 4.79 Å². The Hall–Kier alpha value is -2.73. The van der Waals surface area contributed by atoms with E-state index in [4.69, 9.17) is 14.3 Å². The van der Waals surface area contributed by atoms with Gasteiger partial charge in [-0.15, -0.1) is 11.8 Å². The molecule has 0 aliphatic carbocycles. The van der Waals surface area contributed by atoms with Crippen molar-refractivity contribution in [1.82, 2.24) is 4.98 Å². The number of hydrogen-bond acceptors (Lipinski definition) is 5. The average molecular weight is 397 g/mol. The van der Waals surface area contributed by atoms with E-state index < -0.39 is 5.97 Å². The summed E-state index contributed by atoms with van der Waals surface area (Å²) >= 11 is 1.37. The van der Waals surface area contributed by atoms with E-state index in [1.54, 1.807) is 0 Å². The van der Waals surface area contributed by atoms with Gasteiger partial charge in [0.05, 0.1) is 18.1 Å². The average Bonchev–Trinajstić information content (AvgIpc) is 3.03. The summed E-state index contributed by atoms with van der Waals surface area (Å²) in [4.78, 5) is 15.2. The Kier molecular flexibility index (Phi) is 6.76. The molecule has 0 atom stereocenters. The number of carboxylic acids is 1. The summed E-state index contributed by atoms with van der Waals surface area (Å²) < 4.78 is 11.7. The molecular weight excluding hydrogens is 374 g/mol. The highest BCUT2D eigenvalue weighted by Crippen LogP contribution is 2.23. The summed E-state index contributed by atoms with van der Waals surface area (Å²) in [6.45, 7) is 4.45. The van der Waals surface area contributed by atoms with Gasteiger partial charge in [-0.25, -0.2) is 4.98 Å². The van der Waals surface area contributed by atoms with Crippen LogP contribution in [0.2, 0.25) is 0 Å². The number of hydrogen-bond donors (Lipinski definition) is 1. The molecule has 3 rings (SSSR count). The highest BCUT2D eigenvalue weighted by Gasteiger charge is 2.11. The number of carbonyl (C=O) groups is 1. The lowest BCUT2D eigenvalue weighted by Gasteiger charge is -2.07. The molecule has 0 unspecified atom stereocenters. The maximum Gasteiger partial charge on any atom is 0.313 e. The molecule has 1 heterocycles. The number of oxazole rings is 1. The zero-order chi connectivity index (χ0) is 19.9. The number of aliphatic carboxylic acids is 1. The minimum Gasteiger partial charge on any atom is -0.493 e. The van der Waals surface area contributed by atoms with Crippen molar-refractivity contribution >= 4 is 17.7 Å². The maximum atomic E-state index is 10.6. The second-order valence-electron chi connectivity index (χ2n) is 6.52. The molecule has 0 amide bonds. The Labute approximate surface area is 168 Å². The maximum absolute atomic E-state index is 10.6. The fourth-order valence-corrected chi connectivity index (χ4v) is 3.50. The van der Waals surface area contributed by atoms with Crippen LogP contribution in [-0.4, -0.2) is 28.4 Å². The largest absolute Gasteiger partial charge is 0.493 e. The van der Waals surface area contributed by atoms with Crippen LogP contribution in [-0.2, 0) is 17.0 Å². The van der Waals surface area contributed by atoms with Crippen LogP contribution in [0.15, 0.2) is 52.9 Å². The van der Waals surface area contributed by atoms with Crippen molar-refractivity contribution in [2.45, 2.75) is 26.0 Å². The number of ether oxygens (including phenoxy) is 1. The van der Waals surface area contributed by atoms with Gasteiger partial charge >= 0.3 is 5.97 Å². The Bertz CT molecular complexity index is 951. The minimum atomic E-state index is -0.801. The van der Waals surface area contributed by atoms with Gasteiger partial charge in [-0.05, 0) is 43.7 Å². The summed E-state index contributed by atoms with van der Waals surface area (Å²) in [7, 11) is 0. The first kappa shape index (κ1) is 20.0.